The first kappa shape index (κ1) is 18.2. The summed E-state index contributed by atoms with van der Waals surface area (Å²) >= 11 is 6.10. The fourth-order valence-corrected chi connectivity index (χ4v) is 3.94. The number of rotatable bonds is 6. The van der Waals surface area contributed by atoms with Crippen LogP contribution in [-0.4, -0.2) is 44.5 Å². The van der Waals surface area contributed by atoms with Crippen molar-refractivity contribution < 1.29 is 13.2 Å². The Morgan fingerprint density at radius 1 is 1.39 bits per heavy atom. The maximum absolute atomic E-state index is 12.2. The Morgan fingerprint density at radius 3 is 2.83 bits per heavy atom. The zero-order valence-electron chi connectivity index (χ0n) is 13.3. The minimum Gasteiger partial charge on any atom is -0.356 e. The molecule has 1 aliphatic rings. The van der Waals surface area contributed by atoms with Crippen LogP contribution >= 0.6 is 11.6 Å². The third-order valence-corrected chi connectivity index (χ3v) is 5.74. The van der Waals surface area contributed by atoms with Crippen LogP contribution in [0.5, 0.6) is 0 Å². The number of nitrogens with zero attached hydrogens (tertiary/aromatic N) is 1. The number of piperidine rings is 1. The van der Waals surface area contributed by atoms with Gasteiger partial charge < -0.3 is 5.32 Å². The summed E-state index contributed by atoms with van der Waals surface area (Å²) < 4.78 is 24.6. The fraction of sp³-hybridized carbons (Fsp3) is 0.562. The number of carbonyl (C=O) groups is 1. The molecule has 0 aromatic heterocycles. The average molecular weight is 359 g/mol. The zero-order chi connectivity index (χ0) is 16.9. The number of hydrogen-bond donors (Lipinski definition) is 1. The lowest BCUT2D eigenvalue weighted by molar-refractivity contribution is -0.126. The average Bonchev–Trinajstić information content (AvgIpc) is 2.52. The van der Waals surface area contributed by atoms with E-state index in [-0.39, 0.29) is 18.4 Å². The third kappa shape index (κ3) is 5.48. The van der Waals surface area contributed by atoms with Crippen molar-refractivity contribution in [2.24, 2.45) is 5.92 Å². The molecule has 1 aromatic rings. The molecule has 128 valence electrons. The van der Waals surface area contributed by atoms with Gasteiger partial charge in [0.1, 0.15) is 0 Å². The van der Waals surface area contributed by atoms with Crippen LogP contribution in [0, 0.1) is 5.92 Å². The quantitative estimate of drug-likeness (QED) is 0.791. The molecule has 1 aromatic carbocycles. The van der Waals surface area contributed by atoms with Gasteiger partial charge in [-0.05, 0) is 37.3 Å². The molecule has 1 atom stereocenters. The second-order valence-electron chi connectivity index (χ2n) is 5.95. The summed E-state index contributed by atoms with van der Waals surface area (Å²) in [6, 6.07) is 7.68. The smallest absolute Gasteiger partial charge is 0.224 e. The molecule has 0 radical (unpaired) electrons. The molecule has 23 heavy (non-hydrogen) atoms. The second-order valence-corrected chi connectivity index (χ2v) is 8.34. The van der Waals surface area contributed by atoms with Gasteiger partial charge in [0.15, 0.2) is 0 Å². The zero-order valence-corrected chi connectivity index (χ0v) is 14.9. The molecule has 0 unspecified atom stereocenters. The molecule has 1 saturated heterocycles. The summed E-state index contributed by atoms with van der Waals surface area (Å²) in [7, 11) is -3.22. The lowest BCUT2D eigenvalue weighted by atomic mass is 9.99. The van der Waals surface area contributed by atoms with Crippen molar-refractivity contribution in [1.82, 2.24) is 9.62 Å². The minimum absolute atomic E-state index is 0.0579. The number of aryl methyl sites for hydroxylation is 1. The summed E-state index contributed by atoms with van der Waals surface area (Å²) in [5.74, 6) is -0.309. The van der Waals surface area contributed by atoms with Crippen molar-refractivity contribution in [2.45, 2.75) is 25.7 Å². The van der Waals surface area contributed by atoms with E-state index in [0.717, 1.165) is 36.3 Å². The third-order valence-electron chi connectivity index (χ3n) is 4.10. The Balaban J connectivity index is 1.75. The highest BCUT2D eigenvalue weighted by Gasteiger charge is 2.29. The first-order valence-electron chi connectivity index (χ1n) is 7.84. The molecule has 0 bridgehead atoms. The number of nitrogens with one attached hydrogen (secondary N) is 1. The lowest BCUT2D eigenvalue weighted by Gasteiger charge is -2.30. The minimum atomic E-state index is -3.22. The Kier molecular flexibility index (Phi) is 6.44. The molecule has 1 heterocycles. The summed E-state index contributed by atoms with van der Waals surface area (Å²) in [5, 5.41) is 3.66. The van der Waals surface area contributed by atoms with E-state index < -0.39 is 10.0 Å². The SMILES string of the molecule is CS(=O)(=O)N1CCC[C@H](C(=O)NCCCc2ccccc2Cl)C1. The van der Waals surface area contributed by atoms with Crippen LogP contribution in [0.2, 0.25) is 5.02 Å². The standard InChI is InChI=1S/C16H23ClN2O3S/c1-23(21,22)19-11-5-8-14(12-19)16(20)18-10-4-7-13-6-2-3-9-15(13)17/h2-3,6,9,14H,4-5,7-8,10-12H2,1H3,(H,18,20)/t14-/m0/s1. The van der Waals surface area contributed by atoms with Crippen molar-refractivity contribution in [2.75, 3.05) is 25.9 Å². The Morgan fingerprint density at radius 2 is 2.13 bits per heavy atom. The first-order chi connectivity index (χ1) is 10.9. The molecule has 5 nitrogen and oxygen atoms in total. The van der Waals surface area contributed by atoms with Crippen LogP contribution in [0.3, 0.4) is 0 Å². The first-order valence-corrected chi connectivity index (χ1v) is 10.1. The summed E-state index contributed by atoms with van der Waals surface area (Å²) in [6.45, 7) is 1.36. The lowest BCUT2D eigenvalue weighted by Crippen LogP contribution is -2.45. The summed E-state index contributed by atoms with van der Waals surface area (Å²) in [6.07, 6.45) is 4.27. The molecule has 2 rings (SSSR count). The normalized spacial score (nSPS) is 19.5. The highest BCUT2D eigenvalue weighted by molar-refractivity contribution is 7.88. The van der Waals surface area contributed by atoms with Gasteiger partial charge in [-0.25, -0.2) is 12.7 Å². The van der Waals surface area contributed by atoms with E-state index in [2.05, 4.69) is 5.32 Å². The van der Waals surface area contributed by atoms with Crippen LogP contribution in [0.15, 0.2) is 24.3 Å². The predicted molar refractivity (Wildman–Crippen MR) is 91.9 cm³/mol. The van der Waals surface area contributed by atoms with Crippen molar-refractivity contribution in [1.29, 1.82) is 0 Å². The fourth-order valence-electron chi connectivity index (χ4n) is 2.79. The number of amides is 1. The number of carbonyl (C=O) groups excluding carboxylic acids is 1. The molecular weight excluding hydrogens is 336 g/mol. The monoisotopic (exact) mass is 358 g/mol. The van der Waals surface area contributed by atoms with E-state index in [1.807, 2.05) is 24.3 Å². The maximum atomic E-state index is 12.2. The predicted octanol–water partition coefficient (Wildman–Crippen LogP) is 2.06. The van der Waals surface area contributed by atoms with Gasteiger partial charge in [-0.1, -0.05) is 29.8 Å². The number of benzene rings is 1. The summed E-state index contributed by atoms with van der Waals surface area (Å²) in [5.41, 5.74) is 1.07. The topological polar surface area (TPSA) is 66.5 Å². The van der Waals surface area contributed by atoms with Crippen molar-refractivity contribution in [3.8, 4) is 0 Å². The highest BCUT2D eigenvalue weighted by Crippen LogP contribution is 2.19. The van der Waals surface area contributed by atoms with Gasteiger partial charge in [-0.3, -0.25) is 4.79 Å². The molecule has 1 N–H and O–H groups in total. The van der Waals surface area contributed by atoms with E-state index in [9.17, 15) is 13.2 Å². The van der Waals surface area contributed by atoms with Gasteiger partial charge in [0.25, 0.3) is 0 Å². The second kappa shape index (κ2) is 8.13. The number of halogens is 1. The van der Waals surface area contributed by atoms with Crippen molar-refractivity contribution >= 4 is 27.5 Å². The van der Waals surface area contributed by atoms with Gasteiger partial charge in [0.05, 0.1) is 12.2 Å². The molecular formula is C16H23ClN2O3S. The number of hydrogen-bond acceptors (Lipinski definition) is 3. The van der Waals surface area contributed by atoms with Crippen LogP contribution in [0.4, 0.5) is 0 Å². The number of sulfonamides is 1. The van der Waals surface area contributed by atoms with E-state index in [1.165, 1.54) is 10.6 Å². The van der Waals surface area contributed by atoms with E-state index >= 15 is 0 Å². The van der Waals surface area contributed by atoms with E-state index in [4.69, 9.17) is 11.6 Å². The molecule has 0 aliphatic carbocycles. The van der Waals surface area contributed by atoms with Crippen LogP contribution in [-0.2, 0) is 21.2 Å². The highest BCUT2D eigenvalue weighted by atomic mass is 35.5. The van der Waals surface area contributed by atoms with Gasteiger partial charge >= 0.3 is 0 Å². The van der Waals surface area contributed by atoms with Gasteiger partial charge in [0, 0.05) is 24.7 Å². The maximum Gasteiger partial charge on any atom is 0.224 e. The Labute approximate surface area is 143 Å². The van der Waals surface area contributed by atoms with Crippen LogP contribution < -0.4 is 5.32 Å². The van der Waals surface area contributed by atoms with E-state index in [0.29, 0.717) is 13.1 Å². The van der Waals surface area contributed by atoms with Gasteiger partial charge in [0.2, 0.25) is 15.9 Å². The van der Waals surface area contributed by atoms with E-state index in [1.54, 1.807) is 0 Å². The van der Waals surface area contributed by atoms with Crippen LogP contribution in [0.25, 0.3) is 0 Å². The molecule has 1 fully saturated rings. The largest absolute Gasteiger partial charge is 0.356 e. The van der Waals surface area contributed by atoms with Crippen molar-refractivity contribution in [3.05, 3.63) is 34.9 Å². The Hall–Kier alpha value is -1.11. The van der Waals surface area contributed by atoms with Crippen molar-refractivity contribution in [3.63, 3.8) is 0 Å². The molecule has 1 amide bonds. The van der Waals surface area contributed by atoms with Crippen LogP contribution in [0.1, 0.15) is 24.8 Å². The molecule has 0 saturated carbocycles. The molecule has 1 aliphatic heterocycles. The summed E-state index contributed by atoms with van der Waals surface area (Å²) in [4.78, 5) is 12.2. The Bertz CT molecular complexity index is 648. The van der Waals surface area contributed by atoms with Gasteiger partial charge in [-0.15, -0.1) is 0 Å². The molecule has 7 heteroatoms. The van der Waals surface area contributed by atoms with Gasteiger partial charge in [-0.2, -0.15) is 0 Å². The molecule has 0 spiro atoms.